The Morgan fingerprint density at radius 2 is 1.85 bits per heavy atom. The molecular formula is C19H32IN3O2S. The molecule has 2 rings (SSSR count). The summed E-state index contributed by atoms with van der Waals surface area (Å²) in [4.78, 5) is 4.81. The SMILES string of the molecule is CCNC(=NCC(CC)(CC)c1ccccc1)NC1CCS(=O)(=O)C1.I. The fraction of sp³-hybridized carbons (Fsp3) is 0.632. The summed E-state index contributed by atoms with van der Waals surface area (Å²) in [6.45, 7) is 7.86. The van der Waals surface area contributed by atoms with Crippen LogP contribution in [0.25, 0.3) is 0 Å². The first-order valence-corrected chi connectivity index (χ1v) is 11.1. The Kier molecular flexibility index (Phi) is 9.36. The van der Waals surface area contributed by atoms with Crippen molar-refractivity contribution in [2.75, 3.05) is 24.6 Å². The summed E-state index contributed by atoms with van der Waals surface area (Å²) < 4.78 is 23.3. The number of rotatable bonds is 7. The van der Waals surface area contributed by atoms with Gasteiger partial charge in [-0.2, -0.15) is 0 Å². The van der Waals surface area contributed by atoms with E-state index in [1.165, 1.54) is 5.56 Å². The second kappa shape index (κ2) is 10.5. The van der Waals surface area contributed by atoms with E-state index in [9.17, 15) is 8.42 Å². The van der Waals surface area contributed by atoms with Crippen molar-refractivity contribution in [1.82, 2.24) is 10.6 Å². The monoisotopic (exact) mass is 493 g/mol. The molecule has 1 aromatic rings. The second-order valence-corrected chi connectivity index (χ2v) is 9.02. The molecule has 26 heavy (non-hydrogen) atoms. The van der Waals surface area contributed by atoms with Crippen molar-refractivity contribution in [3.8, 4) is 0 Å². The number of aliphatic imine (C=N–C) groups is 1. The van der Waals surface area contributed by atoms with Crippen molar-refractivity contribution in [2.45, 2.75) is 51.5 Å². The zero-order valence-electron chi connectivity index (χ0n) is 16.0. The Bertz CT molecular complexity index is 673. The zero-order valence-corrected chi connectivity index (χ0v) is 19.1. The molecule has 0 aromatic heterocycles. The number of sulfone groups is 1. The molecular weight excluding hydrogens is 461 g/mol. The summed E-state index contributed by atoms with van der Waals surface area (Å²) in [6, 6.07) is 10.5. The summed E-state index contributed by atoms with van der Waals surface area (Å²) >= 11 is 0. The molecule has 0 spiro atoms. The van der Waals surface area contributed by atoms with Crippen LogP contribution in [0.15, 0.2) is 35.3 Å². The standard InChI is InChI=1S/C19H31N3O2S.HI/c1-4-19(5-2,16-10-8-7-9-11-16)15-21-18(20-6-3)22-17-12-13-25(23,24)14-17;/h7-11,17H,4-6,12-15H2,1-3H3,(H2,20,21,22);1H. The van der Waals surface area contributed by atoms with Crippen molar-refractivity contribution in [3.05, 3.63) is 35.9 Å². The second-order valence-electron chi connectivity index (χ2n) is 6.79. The van der Waals surface area contributed by atoms with Gasteiger partial charge in [0.05, 0.1) is 18.1 Å². The summed E-state index contributed by atoms with van der Waals surface area (Å²) in [5.74, 6) is 1.18. The predicted octanol–water partition coefficient (Wildman–Crippen LogP) is 3.10. The van der Waals surface area contributed by atoms with Gasteiger partial charge < -0.3 is 10.6 Å². The minimum absolute atomic E-state index is 0. The van der Waals surface area contributed by atoms with E-state index in [0.29, 0.717) is 18.9 Å². The van der Waals surface area contributed by atoms with Crippen LogP contribution in [-0.2, 0) is 15.3 Å². The van der Waals surface area contributed by atoms with Gasteiger partial charge in [-0.1, -0.05) is 44.2 Å². The highest BCUT2D eigenvalue weighted by molar-refractivity contribution is 14.0. The molecule has 0 radical (unpaired) electrons. The normalized spacial score (nSPS) is 19.7. The summed E-state index contributed by atoms with van der Waals surface area (Å²) in [6.07, 6.45) is 2.67. The molecule has 1 atom stereocenters. The maximum absolute atomic E-state index is 11.7. The number of hydrogen-bond acceptors (Lipinski definition) is 3. The molecule has 1 heterocycles. The largest absolute Gasteiger partial charge is 0.357 e. The van der Waals surface area contributed by atoms with E-state index in [-0.39, 0.29) is 46.9 Å². The smallest absolute Gasteiger partial charge is 0.191 e. The first-order valence-electron chi connectivity index (χ1n) is 9.25. The molecule has 1 aliphatic rings. The Hall–Kier alpha value is -0.830. The third kappa shape index (κ3) is 6.11. The maximum Gasteiger partial charge on any atom is 0.191 e. The van der Waals surface area contributed by atoms with Gasteiger partial charge in [-0.05, 0) is 31.7 Å². The van der Waals surface area contributed by atoms with Gasteiger partial charge in [0.2, 0.25) is 0 Å². The average Bonchev–Trinajstić information content (AvgIpc) is 2.96. The minimum atomic E-state index is -2.90. The van der Waals surface area contributed by atoms with Crippen LogP contribution in [-0.4, -0.2) is 45.0 Å². The Balaban J connectivity index is 0.00000338. The van der Waals surface area contributed by atoms with Crippen molar-refractivity contribution >= 4 is 39.8 Å². The molecule has 7 heteroatoms. The van der Waals surface area contributed by atoms with Crippen molar-refractivity contribution < 1.29 is 8.42 Å². The topological polar surface area (TPSA) is 70.6 Å². The lowest BCUT2D eigenvalue weighted by Crippen LogP contribution is -2.44. The Morgan fingerprint density at radius 3 is 2.35 bits per heavy atom. The van der Waals surface area contributed by atoms with Gasteiger partial charge in [0, 0.05) is 18.0 Å². The molecule has 5 nitrogen and oxygen atoms in total. The van der Waals surface area contributed by atoms with Crippen LogP contribution < -0.4 is 10.6 Å². The number of hydrogen-bond donors (Lipinski definition) is 2. The maximum atomic E-state index is 11.7. The summed E-state index contributed by atoms with van der Waals surface area (Å²) in [5.41, 5.74) is 1.31. The van der Waals surface area contributed by atoms with E-state index >= 15 is 0 Å². The van der Waals surface area contributed by atoms with Gasteiger partial charge in [0.25, 0.3) is 0 Å². The lowest BCUT2D eigenvalue weighted by Gasteiger charge is -2.31. The number of guanidine groups is 1. The average molecular weight is 493 g/mol. The fourth-order valence-corrected chi connectivity index (χ4v) is 5.09. The van der Waals surface area contributed by atoms with Gasteiger partial charge in [-0.3, -0.25) is 4.99 Å². The molecule has 1 saturated heterocycles. The van der Waals surface area contributed by atoms with Crippen LogP contribution in [0.1, 0.15) is 45.6 Å². The molecule has 0 amide bonds. The Morgan fingerprint density at radius 1 is 1.19 bits per heavy atom. The molecule has 1 aliphatic heterocycles. The molecule has 1 fully saturated rings. The third-order valence-corrected chi connectivity index (χ3v) is 6.96. The lowest BCUT2D eigenvalue weighted by molar-refractivity contribution is 0.406. The van der Waals surface area contributed by atoms with Crippen molar-refractivity contribution in [3.63, 3.8) is 0 Å². The van der Waals surface area contributed by atoms with Gasteiger partial charge in [-0.15, -0.1) is 24.0 Å². The molecule has 0 aliphatic carbocycles. The van der Waals surface area contributed by atoms with Gasteiger partial charge in [-0.25, -0.2) is 8.42 Å². The lowest BCUT2D eigenvalue weighted by atomic mass is 9.76. The fourth-order valence-electron chi connectivity index (χ4n) is 3.42. The first-order chi connectivity index (χ1) is 11.9. The molecule has 1 unspecified atom stereocenters. The minimum Gasteiger partial charge on any atom is -0.357 e. The molecule has 148 valence electrons. The van der Waals surface area contributed by atoms with E-state index in [0.717, 1.165) is 19.4 Å². The molecule has 1 aromatic carbocycles. The van der Waals surface area contributed by atoms with Crippen LogP contribution in [0.3, 0.4) is 0 Å². The summed E-state index contributed by atoms with van der Waals surface area (Å²) in [5, 5.41) is 6.56. The van der Waals surface area contributed by atoms with Gasteiger partial charge >= 0.3 is 0 Å². The van der Waals surface area contributed by atoms with Gasteiger partial charge in [0.1, 0.15) is 0 Å². The van der Waals surface area contributed by atoms with Gasteiger partial charge in [0.15, 0.2) is 15.8 Å². The molecule has 0 saturated carbocycles. The van der Waals surface area contributed by atoms with E-state index < -0.39 is 9.84 Å². The van der Waals surface area contributed by atoms with Crippen LogP contribution in [0.2, 0.25) is 0 Å². The zero-order chi connectivity index (χ0) is 18.3. The van der Waals surface area contributed by atoms with Crippen LogP contribution in [0, 0.1) is 0 Å². The highest BCUT2D eigenvalue weighted by Crippen LogP contribution is 2.32. The van der Waals surface area contributed by atoms with E-state index in [1.54, 1.807) is 0 Å². The summed E-state index contributed by atoms with van der Waals surface area (Å²) in [7, 11) is -2.90. The predicted molar refractivity (Wildman–Crippen MR) is 120 cm³/mol. The van der Waals surface area contributed by atoms with Crippen molar-refractivity contribution in [1.29, 1.82) is 0 Å². The first kappa shape index (κ1) is 23.2. The molecule has 0 bridgehead atoms. The number of benzene rings is 1. The van der Waals surface area contributed by atoms with E-state index in [4.69, 9.17) is 4.99 Å². The van der Waals surface area contributed by atoms with Crippen LogP contribution >= 0.6 is 24.0 Å². The quantitative estimate of drug-likeness (QED) is 0.348. The third-order valence-electron chi connectivity index (χ3n) is 5.20. The number of halogens is 1. The number of nitrogens with one attached hydrogen (secondary N) is 2. The highest BCUT2D eigenvalue weighted by Gasteiger charge is 2.30. The van der Waals surface area contributed by atoms with E-state index in [1.807, 2.05) is 13.0 Å². The molecule has 2 N–H and O–H groups in total. The Labute approximate surface area is 175 Å². The van der Waals surface area contributed by atoms with Crippen LogP contribution in [0.4, 0.5) is 0 Å². The highest BCUT2D eigenvalue weighted by atomic mass is 127. The van der Waals surface area contributed by atoms with Crippen LogP contribution in [0.5, 0.6) is 0 Å². The number of nitrogens with zero attached hydrogens (tertiary/aromatic N) is 1. The van der Waals surface area contributed by atoms with Crippen molar-refractivity contribution in [2.24, 2.45) is 4.99 Å². The van der Waals surface area contributed by atoms with E-state index in [2.05, 4.69) is 48.7 Å².